The van der Waals surface area contributed by atoms with Crippen molar-refractivity contribution in [2.24, 2.45) is 0 Å². The van der Waals surface area contributed by atoms with Gasteiger partial charge in [0.2, 0.25) is 15.9 Å². The maximum absolute atomic E-state index is 12.5. The lowest BCUT2D eigenvalue weighted by Crippen LogP contribution is -2.63. The summed E-state index contributed by atoms with van der Waals surface area (Å²) in [6, 6.07) is 3.59. The smallest absolute Gasteiger partial charge is 0.241 e. The van der Waals surface area contributed by atoms with Crippen LogP contribution >= 0.6 is 0 Å². The Labute approximate surface area is 119 Å². The topological polar surface area (TPSA) is 79.4 Å². The van der Waals surface area contributed by atoms with Gasteiger partial charge >= 0.3 is 0 Å². The van der Waals surface area contributed by atoms with Crippen LogP contribution in [0.25, 0.3) is 0 Å². The fraction of sp³-hybridized carbons (Fsp3) is 0.538. The van der Waals surface area contributed by atoms with Crippen LogP contribution in [-0.4, -0.2) is 48.0 Å². The minimum Gasteiger partial charge on any atom is -0.353 e. The molecule has 2 heterocycles. The molecular formula is C13H19N3O3S. The Morgan fingerprint density at radius 1 is 1.35 bits per heavy atom. The molecule has 7 heteroatoms. The van der Waals surface area contributed by atoms with E-state index >= 15 is 0 Å². The highest BCUT2D eigenvalue weighted by Gasteiger charge is 2.43. The van der Waals surface area contributed by atoms with Crippen LogP contribution in [0.3, 0.4) is 0 Å². The first-order valence-corrected chi connectivity index (χ1v) is 8.13. The molecule has 2 rings (SSSR count). The molecule has 0 aromatic carbocycles. The zero-order valence-electron chi connectivity index (χ0n) is 11.7. The summed E-state index contributed by atoms with van der Waals surface area (Å²) in [5.74, 6) is -0.260. The van der Waals surface area contributed by atoms with Crippen molar-refractivity contribution >= 4 is 15.9 Å². The molecule has 1 fully saturated rings. The van der Waals surface area contributed by atoms with E-state index in [1.165, 1.54) is 4.31 Å². The summed E-state index contributed by atoms with van der Waals surface area (Å²) in [5, 5.41) is 2.69. The number of carbonyl (C=O) groups is 1. The molecule has 0 atom stereocenters. The van der Waals surface area contributed by atoms with E-state index in [1.54, 1.807) is 38.4 Å². The van der Waals surface area contributed by atoms with Crippen LogP contribution in [0.15, 0.2) is 24.5 Å². The largest absolute Gasteiger partial charge is 0.353 e. The van der Waals surface area contributed by atoms with Gasteiger partial charge in [-0.3, -0.25) is 9.78 Å². The zero-order chi connectivity index (χ0) is 14.8. The van der Waals surface area contributed by atoms with Gasteiger partial charge in [0.15, 0.2) is 0 Å². The van der Waals surface area contributed by atoms with E-state index in [4.69, 9.17) is 0 Å². The van der Waals surface area contributed by atoms with E-state index in [1.807, 2.05) is 0 Å². The first kappa shape index (κ1) is 14.9. The predicted molar refractivity (Wildman–Crippen MR) is 75.5 cm³/mol. The summed E-state index contributed by atoms with van der Waals surface area (Å²) >= 11 is 0. The van der Waals surface area contributed by atoms with Crippen LogP contribution in [0, 0.1) is 0 Å². The third-order valence-corrected chi connectivity index (χ3v) is 5.54. The molecule has 1 aromatic heterocycles. The first-order chi connectivity index (χ1) is 9.34. The Kier molecular flexibility index (Phi) is 4.10. The van der Waals surface area contributed by atoms with Gasteiger partial charge in [-0.25, -0.2) is 8.42 Å². The van der Waals surface area contributed by atoms with E-state index in [9.17, 15) is 13.2 Å². The number of carbonyl (C=O) groups excluding carboxylic acids is 1. The summed E-state index contributed by atoms with van der Waals surface area (Å²) in [4.78, 5) is 15.7. The molecule has 0 unspecified atom stereocenters. The molecule has 1 aliphatic rings. The average molecular weight is 297 g/mol. The van der Waals surface area contributed by atoms with Gasteiger partial charge in [-0.2, -0.15) is 4.31 Å². The predicted octanol–water partition coefficient (Wildman–Crippen LogP) is 0.164. The molecule has 0 bridgehead atoms. The molecule has 110 valence electrons. The highest BCUT2D eigenvalue weighted by Crippen LogP contribution is 2.22. The number of piperazine rings is 1. The van der Waals surface area contributed by atoms with Gasteiger partial charge in [-0.1, -0.05) is 0 Å². The molecule has 20 heavy (non-hydrogen) atoms. The number of pyridine rings is 1. The van der Waals surface area contributed by atoms with E-state index in [0.29, 0.717) is 19.5 Å². The quantitative estimate of drug-likeness (QED) is 0.859. The number of amides is 1. The lowest BCUT2D eigenvalue weighted by atomic mass is 10.0. The van der Waals surface area contributed by atoms with E-state index in [0.717, 1.165) is 5.56 Å². The van der Waals surface area contributed by atoms with Crippen LogP contribution in [0.4, 0.5) is 0 Å². The van der Waals surface area contributed by atoms with Crippen molar-refractivity contribution in [3.63, 3.8) is 0 Å². The van der Waals surface area contributed by atoms with E-state index in [-0.39, 0.29) is 11.7 Å². The number of nitrogens with zero attached hydrogens (tertiary/aromatic N) is 2. The van der Waals surface area contributed by atoms with Crippen LogP contribution in [0.1, 0.15) is 19.4 Å². The second-order valence-electron chi connectivity index (χ2n) is 5.31. The maximum Gasteiger partial charge on any atom is 0.241 e. The minimum absolute atomic E-state index is 0.00623. The van der Waals surface area contributed by atoms with Gasteiger partial charge in [0.05, 0.1) is 5.75 Å². The highest BCUT2D eigenvalue weighted by atomic mass is 32.2. The number of nitrogens with one attached hydrogen (secondary N) is 1. The molecule has 1 aromatic rings. The highest BCUT2D eigenvalue weighted by molar-refractivity contribution is 7.89. The number of aryl methyl sites for hydroxylation is 1. The van der Waals surface area contributed by atoms with Gasteiger partial charge in [0, 0.05) is 25.5 Å². The van der Waals surface area contributed by atoms with Crippen molar-refractivity contribution in [2.75, 3.05) is 18.8 Å². The van der Waals surface area contributed by atoms with Crippen molar-refractivity contribution < 1.29 is 13.2 Å². The Morgan fingerprint density at radius 2 is 2.00 bits per heavy atom. The zero-order valence-corrected chi connectivity index (χ0v) is 12.5. The van der Waals surface area contributed by atoms with Crippen LogP contribution in [0.2, 0.25) is 0 Å². The Bertz CT molecular complexity index is 584. The molecule has 1 amide bonds. The van der Waals surface area contributed by atoms with Crippen LogP contribution < -0.4 is 5.32 Å². The summed E-state index contributed by atoms with van der Waals surface area (Å²) in [6.07, 6.45) is 3.69. The van der Waals surface area contributed by atoms with Gasteiger partial charge in [-0.15, -0.1) is 0 Å². The van der Waals surface area contributed by atoms with Gasteiger partial charge < -0.3 is 5.32 Å². The Balaban J connectivity index is 2.12. The van der Waals surface area contributed by atoms with Gasteiger partial charge in [0.1, 0.15) is 5.54 Å². The van der Waals surface area contributed by atoms with Crippen molar-refractivity contribution in [1.82, 2.24) is 14.6 Å². The normalized spacial score (nSPS) is 19.6. The summed E-state index contributed by atoms with van der Waals surface area (Å²) < 4.78 is 26.2. The third-order valence-electron chi connectivity index (χ3n) is 3.51. The summed E-state index contributed by atoms with van der Waals surface area (Å²) in [6.45, 7) is 3.94. The molecule has 0 spiro atoms. The number of rotatable bonds is 4. The Hall–Kier alpha value is -1.47. The maximum atomic E-state index is 12.5. The average Bonchev–Trinajstić information content (AvgIpc) is 2.40. The molecule has 0 saturated carbocycles. The van der Waals surface area contributed by atoms with Crippen molar-refractivity contribution in [1.29, 1.82) is 0 Å². The summed E-state index contributed by atoms with van der Waals surface area (Å²) in [7, 11) is -3.47. The molecule has 6 nitrogen and oxygen atoms in total. The standard InChI is InChI=1S/C13H19N3O3S/c1-13(2)12(17)15-8-9-16(13)20(18,19)10-5-11-3-6-14-7-4-11/h3-4,6-7H,5,8-10H2,1-2H3,(H,15,17). The third kappa shape index (κ3) is 2.99. The number of hydrogen-bond acceptors (Lipinski definition) is 4. The molecule has 0 radical (unpaired) electrons. The molecule has 0 aliphatic carbocycles. The lowest BCUT2D eigenvalue weighted by molar-refractivity contribution is -0.131. The summed E-state index contributed by atoms with van der Waals surface area (Å²) in [5.41, 5.74) is -0.113. The lowest BCUT2D eigenvalue weighted by Gasteiger charge is -2.39. The second kappa shape index (κ2) is 5.49. The number of aromatic nitrogens is 1. The van der Waals surface area contributed by atoms with Crippen molar-refractivity contribution in [3.05, 3.63) is 30.1 Å². The molecular weight excluding hydrogens is 278 g/mol. The fourth-order valence-corrected chi connectivity index (χ4v) is 4.14. The molecule has 1 N–H and O–H groups in total. The fourth-order valence-electron chi connectivity index (χ4n) is 2.27. The number of hydrogen-bond donors (Lipinski definition) is 1. The van der Waals surface area contributed by atoms with Crippen LogP contribution in [-0.2, 0) is 21.2 Å². The van der Waals surface area contributed by atoms with Crippen molar-refractivity contribution in [2.45, 2.75) is 25.8 Å². The van der Waals surface area contributed by atoms with E-state index < -0.39 is 15.6 Å². The van der Waals surface area contributed by atoms with Gasteiger partial charge in [0.25, 0.3) is 0 Å². The van der Waals surface area contributed by atoms with Crippen molar-refractivity contribution in [3.8, 4) is 0 Å². The Morgan fingerprint density at radius 3 is 2.65 bits per heavy atom. The number of sulfonamides is 1. The van der Waals surface area contributed by atoms with Gasteiger partial charge in [-0.05, 0) is 38.0 Å². The van der Waals surface area contributed by atoms with E-state index in [2.05, 4.69) is 10.3 Å². The molecule has 1 saturated heterocycles. The monoisotopic (exact) mass is 297 g/mol. The molecule has 1 aliphatic heterocycles. The SMILES string of the molecule is CC1(C)C(=O)NCCN1S(=O)(=O)CCc1ccncc1. The van der Waals surface area contributed by atoms with Crippen LogP contribution in [0.5, 0.6) is 0 Å². The second-order valence-corrected chi connectivity index (χ2v) is 7.32. The first-order valence-electron chi connectivity index (χ1n) is 6.52. The minimum atomic E-state index is -3.47.